The lowest BCUT2D eigenvalue weighted by Crippen LogP contribution is -2.01. The van der Waals surface area contributed by atoms with E-state index in [1.54, 1.807) is 16.8 Å². The van der Waals surface area contributed by atoms with E-state index in [0.717, 1.165) is 11.3 Å². The van der Waals surface area contributed by atoms with Crippen LogP contribution in [0.25, 0.3) is 11.1 Å². The van der Waals surface area contributed by atoms with Crippen molar-refractivity contribution >= 4 is 5.97 Å². The van der Waals surface area contributed by atoms with Crippen molar-refractivity contribution in [3.63, 3.8) is 0 Å². The van der Waals surface area contributed by atoms with Crippen molar-refractivity contribution in [2.45, 2.75) is 19.8 Å². The lowest BCUT2D eigenvalue weighted by atomic mass is 9.96. The Morgan fingerprint density at radius 2 is 2.05 bits per heavy atom. The third-order valence-corrected chi connectivity index (χ3v) is 3.15. The summed E-state index contributed by atoms with van der Waals surface area (Å²) in [6.45, 7) is 4.07. The van der Waals surface area contributed by atoms with Gasteiger partial charge in [-0.2, -0.15) is 5.10 Å². The van der Waals surface area contributed by atoms with Crippen molar-refractivity contribution in [1.82, 2.24) is 9.78 Å². The molecule has 0 aliphatic carbocycles. The van der Waals surface area contributed by atoms with Gasteiger partial charge in [-0.25, -0.2) is 4.79 Å². The van der Waals surface area contributed by atoms with Gasteiger partial charge in [-0.1, -0.05) is 13.8 Å². The molecule has 5 heteroatoms. The van der Waals surface area contributed by atoms with E-state index in [4.69, 9.17) is 4.74 Å². The second-order valence-corrected chi connectivity index (χ2v) is 4.97. The number of benzene rings is 1. The van der Waals surface area contributed by atoms with E-state index in [9.17, 15) is 9.90 Å². The van der Waals surface area contributed by atoms with Crippen LogP contribution in [0.15, 0.2) is 24.4 Å². The monoisotopic (exact) mass is 274 g/mol. The van der Waals surface area contributed by atoms with E-state index in [1.165, 1.54) is 13.2 Å². The smallest absolute Gasteiger partial charge is 0.336 e. The van der Waals surface area contributed by atoms with Crippen LogP contribution in [0.1, 0.15) is 35.8 Å². The standard InChI is InChI=1S/C15H18N2O3/c1-9(2)14-13(8-17(3)16-14)11-6-5-10(20-4)7-12(11)15(18)19/h5-9H,1-4H3,(H,18,19). The van der Waals surface area contributed by atoms with E-state index >= 15 is 0 Å². The van der Waals surface area contributed by atoms with Gasteiger partial charge in [0.2, 0.25) is 0 Å². The molecule has 0 amide bonds. The summed E-state index contributed by atoms with van der Waals surface area (Å²) >= 11 is 0. The minimum Gasteiger partial charge on any atom is -0.497 e. The number of aryl methyl sites for hydroxylation is 1. The summed E-state index contributed by atoms with van der Waals surface area (Å²) in [5.41, 5.74) is 2.62. The Labute approximate surface area is 117 Å². The summed E-state index contributed by atoms with van der Waals surface area (Å²) < 4.78 is 6.80. The van der Waals surface area contributed by atoms with Crippen molar-refractivity contribution in [3.8, 4) is 16.9 Å². The van der Waals surface area contributed by atoms with E-state index < -0.39 is 5.97 Å². The molecule has 0 unspecified atom stereocenters. The molecule has 0 bridgehead atoms. The van der Waals surface area contributed by atoms with Gasteiger partial charge in [0.25, 0.3) is 0 Å². The molecule has 20 heavy (non-hydrogen) atoms. The maximum atomic E-state index is 11.5. The second-order valence-electron chi connectivity index (χ2n) is 4.97. The molecule has 2 aromatic rings. The van der Waals surface area contributed by atoms with Crippen LogP contribution >= 0.6 is 0 Å². The molecule has 0 atom stereocenters. The molecule has 0 saturated heterocycles. The fourth-order valence-electron chi connectivity index (χ4n) is 2.20. The Kier molecular flexibility index (Phi) is 3.79. The molecule has 106 valence electrons. The second kappa shape index (κ2) is 5.36. The Bertz CT molecular complexity index is 645. The van der Waals surface area contributed by atoms with Crippen LogP contribution in [0.4, 0.5) is 0 Å². The van der Waals surface area contributed by atoms with Gasteiger partial charge >= 0.3 is 5.97 Å². The summed E-state index contributed by atoms with van der Waals surface area (Å²) in [6.07, 6.45) is 1.85. The summed E-state index contributed by atoms with van der Waals surface area (Å²) in [5.74, 6) is -0.228. The summed E-state index contributed by atoms with van der Waals surface area (Å²) in [6, 6.07) is 5.07. The van der Waals surface area contributed by atoms with E-state index in [0.29, 0.717) is 11.3 Å². The number of hydrogen-bond donors (Lipinski definition) is 1. The first-order valence-corrected chi connectivity index (χ1v) is 6.39. The van der Waals surface area contributed by atoms with Gasteiger partial charge in [0.1, 0.15) is 5.75 Å². The largest absolute Gasteiger partial charge is 0.497 e. The highest BCUT2D eigenvalue weighted by Gasteiger charge is 2.19. The molecule has 1 aromatic heterocycles. The molecular weight excluding hydrogens is 256 g/mol. The average Bonchev–Trinajstić information content (AvgIpc) is 2.80. The maximum absolute atomic E-state index is 11.5. The molecule has 1 N–H and O–H groups in total. The highest BCUT2D eigenvalue weighted by molar-refractivity contribution is 5.96. The number of ether oxygens (including phenoxy) is 1. The predicted octanol–water partition coefficient (Wildman–Crippen LogP) is 2.92. The number of nitrogens with zero attached hydrogens (tertiary/aromatic N) is 2. The minimum atomic E-state index is -0.975. The quantitative estimate of drug-likeness (QED) is 0.931. The first kappa shape index (κ1) is 14.1. The SMILES string of the molecule is COc1ccc(-c2cn(C)nc2C(C)C)c(C(=O)O)c1. The number of methoxy groups -OCH3 is 1. The van der Waals surface area contributed by atoms with Crippen molar-refractivity contribution in [3.05, 3.63) is 35.7 Å². The maximum Gasteiger partial charge on any atom is 0.336 e. The third kappa shape index (κ3) is 2.52. The number of carbonyl (C=O) groups is 1. The Morgan fingerprint density at radius 3 is 2.60 bits per heavy atom. The van der Waals surface area contributed by atoms with Gasteiger partial charge in [-0.05, 0) is 29.7 Å². The fourth-order valence-corrected chi connectivity index (χ4v) is 2.20. The molecule has 0 fully saturated rings. The van der Waals surface area contributed by atoms with Gasteiger partial charge in [0, 0.05) is 18.8 Å². The molecule has 0 saturated carbocycles. The Morgan fingerprint density at radius 1 is 1.35 bits per heavy atom. The molecule has 2 rings (SSSR count). The molecule has 5 nitrogen and oxygen atoms in total. The fraction of sp³-hybridized carbons (Fsp3) is 0.333. The lowest BCUT2D eigenvalue weighted by molar-refractivity contribution is 0.0697. The van der Waals surface area contributed by atoms with Crippen LogP contribution < -0.4 is 4.74 Å². The topological polar surface area (TPSA) is 64.4 Å². The van der Waals surface area contributed by atoms with Crippen molar-refractivity contribution < 1.29 is 14.6 Å². The highest BCUT2D eigenvalue weighted by Crippen LogP contribution is 2.32. The summed E-state index contributed by atoms with van der Waals surface area (Å²) in [7, 11) is 3.35. The zero-order valence-electron chi connectivity index (χ0n) is 12.0. The zero-order chi connectivity index (χ0) is 14.9. The molecule has 1 aromatic carbocycles. The zero-order valence-corrected chi connectivity index (χ0v) is 12.0. The van der Waals surface area contributed by atoms with Gasteiger partial charge in [0.05, 0.1) is 18.4 Å². The van der Waals surface area contributed by atoms with E-state index in [-0.39, 0.29) is 11.5 Å². The Balaban J connectivity index is 2.66. The predicted molar refractivity (Wildman–Crippen MR) is 76.2 cm³/mol. The van der Waals surface area contributed by atoms with Crippen LogP contribution in [-0.2, 0) is 7.05 Å². The van der Waals surface area contributed by atoms with Crippen LogP contribution in [0, 0.1) is 0 Å². The van der Waals surface area contributed by atoms with Gasteiger partial charge in [-0.15, -0.1) is 0 Å². The molecule has 0 aliphatic rings. The Hall–Kier alpha value is -2.30. The van der Waals surface area contributed by atoms with Gasteiger partial charge < -0.3 is 9.84 Å². The molecular formula is C15H18N2O3. The molecule has 1 heterocycles. The normalized spacial score (nSPS) is 10.8. The van der Waals surface area contributed by atoms with Crippen molar-refractivity contribution in [2.24, 2.45) is 7.05 Å². The summed E-state index contributed by atoms with van der Waals surface area (Å²) in [5, 5.41) is 13.8. The van der Waals surface area contributed by atoms with Crippen molar-refractivity contribution in [1.29, 1.82) is 0 Å². The van der Waals surface area contributed by atoms with Crippen LogP contribution in [0.2, 0.25) is 0 Å². The van der Waals surface area contributed by atoms with Crippen molar-refractivity contribution in [2.75, 3.05) is 7.11 Å². The lowest BCUT2D eigenvalue weighted by Gasteiger charge is -2.10. The first-order chi connectivity index (χ1) is 9.43. The third-order valence-electron chi connectivity index (χ3n) is 3.15. The molecule has 0 spiro atoms. The van der Waals surface area contributed by atoms with Crippen LogP contribution in [0.3, 0.4) is 0 Å². The van der Waals surface area contributed by atoms with Crippen LogP contribution in [-0.4, -0.2) is 28.0 Å². The van der Waals surface area contributed by atoms with Crippen LogP contribution in [0.5, 0.6) is 5.75 Å². The van der Waals surface area contributed by atoms with Gasteiger partial charge in [-0.3, -0.25) is 4.68 Å². The highest BCUT2D eigenvalue weighted by atomic mass is 16.5. The number of aromatic carboxylic acids is 1. The number of rotatable bonds is 4. The van der Waals surface area contributed by atoms with E-state index in [1.807, 2.05) is 27.1 Å². The number of hydrogen-bond acceptors (Lipinski definition) is 3. The number of aromatic nitrogens is 2. The molecule has 0 aliphatic heterocycles. The minimum absolute atomic E-state index is 0.218. The molecule has 0 radical (unpaired) electrons. The summed E-state index contributed by atoms with van der Waals surface area (Å²) in [4.78, 5) is 11.5. The average molecular weight is 274 g/mol. The number of carboxylic acids is 1. The number of carboxylic acid groups (broad SMARTS) is 1. The first-order valence-electron chi connectivity index (χ1n) is 6.39. The van der Waals surface area contributed by atoms with Gasteiger partial charge in [0.15, 0.2) is 0 Å². The van der Waals surface area contributed by atoms with E-state index in [2.05, 4.69) is 5.10 Å².